The van der Waals surface area contributed by atoms with Crippen molar-refractivity contribution in [1.82, 2.24) is 15.2 Å². The van der Waals surface area contributed by atoms with Crippen LogP contribution in [-0.2, 0) is 12.2 Å². The molecule has 0 spiro atoms. The Labute approximate surface area is 142 Å². The van der Waals surface area contributed by atoms with Crippen molar-refractivity contribution in [3.8, 4) is 5.75 Å². The van der Waals surface area contributed by atoms with Gasteiger partial charge < -0.3 is 4.74 Å². The van der Waals surface area contributed by atoms with E-state index in [4.69, 9.17) is 4.74 Å². The van der Waals surface area contributed by atoms with Gasteiger partial charge in [0.1, 0.15) is 11.6 Å². The maximum atomic E-state index is 5.43. The predicted octanol–water partition coefficient (Wildman–Crippen LogP) is 4.54. The second kappa shape index (κ2) is 7.86. The van der Waals surface area contributed by atoms with Gasteiger partial charge in [0.2, 0.25) is 5.16 Å². The summed E-state index contributed by atoms with van der Waals surface area (Å²) < 4.78 is 5.43. The van der Waals surface area contributed by atoms with Gasteiger partial charge >= 0.3 is 0 Å². The summed E-state index contributed by atoms with van der Waals surface area (Å²) in [7, 11) is 1.72. The third-order valence-electron chi connectivity index (χ3n) is 4.57. The number of rotatable bonds is 7. The largest absolute Gasteiger partial charge is 0.496 e. The Bertz CT molecular complexity index is 635. The van der Waals surface area contributed by atoms with E-state index in [9.17, 15) is 0 Å². The maximum absolute atomic E-state index is 5.43. The normalized spacial score (nSPS) is 15.2. The minimum Gasteiger partial charge on any atom is -0.496 e. The number of thioether (sulfide) groups is 1. The van der Waals surface area contributed by atoms with Gasteiger partial charge in [-0.3, -0.25) is 5.10 Å². The number of nitrogens with zero attached hydrogens (tertiary/aromatic N) is 2. The number of aromatic amines is 1. The van der Waals surface area contributed by atoms with E-state index in [0.717, 1.165) is 34.8 Å². The van der Waals surface area contributed by atoms with Crippen molar-refractivity contribution >= 4 is 11.8 Å². The number of hydrogen-bond donors (Lipinski definition) is 1. The second-order valence-corrected chi connectivity index (χ2v) is 7.30. The minimum absolute atomic E-state index is 0.824. The second-order valence-electron chi connectivity index (χ2n) is 6.36. The zero-order valence-electron chi connectivity index (χ0n) is 14.0. The molecule has 1 aromatic heterocycles. The summed E-state index contributed by atoms with van der Waals surface area (Å²) in [4.78, 5) is 4.62. The van der Waals surface area contributed by atoms with Crippen molar-refractivity contribution in [3.05, 3.63) is 35.2 Å². The van der Waals surface area contributed by atoms with E-state index in [0.29, 0.717) is 0 Å². The van der Waals surface area contributed by atoms with Gasteiger partial charge in [-0.05, 0) is 25.3 Å². The lowest BCUT2D eigenvalue weighted by Gasteiger charge is -2.08. The third-order valence-corrected chi connectivity index (χ3v) is 5.46. The molecular weight excluding hydrogens is 306 g/mol. The van der Waals surface area contributed by atoms with Crippen LogP contribution in [0.4, 0.5) is 0 Å². The van der Waals surface area contributed by atoms with E-state index in [1.54, 1.807) is 18.9 Å². The molecule has 1 aromatic carbocycles. The molecule has 0 atom stereocenters. The number of aryl methyl sites for hydroxylation is 2. The van der Waals surface area contributed by atoms with E-state index < -0.39 is 0 Å². The third kappa shape index (κ3) is 4.50. The monoisotopic (exact) mass is 331 g/mol. The molecule has 0 unspecified atom stereocenters. The Kier molecular flexibility index (Phi) is 5.60. The van der Waals surface area contributed by atoms with Crippen molar-refractivity contribution in [1.29, 1.82) is 0 Å². The fourth-order valence-corrected chi connectivity index (χ4v) is 4.05. The summed E-state index contributed by atoms with van der Waals surface area (Å²) in [5.41, 5.74) is 2.43. The molecule has 23 heavy (non-hydrogen) atoms. The first-order valence-electron chi connectivity index (χ1n) is 8.42. The number of nitrogens with one attached hydrogen (secondary N) is 1. The Hall–Kier alpha value is -1.49. The number of H-pyrrole nitrogens is 1. The molecular formula is C18H25N3OS. The average Bonchev–Trinajstić information content (AvgIpc) is 3.22. The van der Waals surface area contributed by atoms with Crippen molar-refractivity contribution in [3.63, 3.8) is 0 Å². The highest BCUT2D eigenvalue weighted by molar-refractivity contribution is 7.98. The molecule has 124 valence electrons. The molecule has 1 aliphatic rings. The molecule has 5 heteroatoms. The van der Waals surface area contributed by atoms with Gasteiger partial charge in [-0.25, -0.2) is 4.98 Å². The predicted molar refractivity (Wildman–Crippen MR) is 94.0 cm³/mol. The zero-order valence-corrected chi connectivity index (χ0v) is 14.8. The van der Waals surface area contributed by atoms with E-state index in [1.165, 1.54) is 43.2 Å². The fraction of sp³-hybridized carbons (Fsp3) is 0.556. The maximum Gasteiger partial charge on any atom is 0.208 e. The smallest absolute Gasteiger partial charge is 0.208 e. The standard InChI is InChI=1S/C18H25N3OS/c1-13-7-9-16(22-2)15(11-13)12-23-18-19-17(20-21-18)10-8-14-5-3-4-6-14/h7,9,11,14H,3-6,8,10,12H2,1-2H3,(H,19,20,21). The molecule has 0 bridgehead atoms. The van der Waals surface area contributed by atoms with E-state index in [2.05, 4.69) is 34.2 Å². The minimum atomic E-state index is 0.824. The molecule has 0 radical (unpaired) electrons. The Morgan fingerprint density at radius 1 is 1.30 bits per heavy atom. The van der Waals surface area contributed by atoms with E-state index in [1.807, 2.05) is 6.07 Å². The van der Waals surface area contributed by atoms with Crippen LogP contribution in [0.15, 0.2) is 23.4 Å². The lowest BCUT2D eigenvalue weighted by molar-refractivity contribution is 0.411. The molecule has 1 heterocycles. The summed E-state index contributed by atoms with van der Waals surface area (Å²) in [6, 6.07) is 6.26. The van der Waals surface area contributed by atoms with Crippen LogP contribution in [0.5, 0.6) is 5.75 Å². The van der Waals surface area contributed by atoms with Crippen LogP contribution in [0, 0.1) is 12.8 Å². The number of hydrogen-bond acceptors (Lipinski definition) is 4. The van der Waals surface area contributed by atoms with Gasteiger partial charge in [0, 0.05) is 17.7 Å². The molecule has 4 nitrogen and oxygen atoms in total. The topological polar surface area (TPSA) is 50.8 Å². The van der Waals surface area contributed by atoms with Crippen molar-refractivity contribution < 1.29 is 4.74 Å². The molecule has 1 N–H and O–H groups in total. The van der Waals surface area contributed by atoms with Crippen LogP contribution in [0.3, 0.4) is 0 Å². The summed E-state index contributed by atoms with van der Waals surface area (Å²) in [6.07, 6.45) is 7.85. The molecule has 1 fully saturated rings. The first-order chi connectivity index (χ1) is 11.2. The fourth-order valence-electron chi connectivity index (χ4n) is 3.26. The van der Waals surface area contributed by atoms with Crippen molar-refractivity contribution in [2.45, 2.75) is 56.4 Å². The first kappa shape index (κ1) is 16.4. The van der Waals surface area contributed by atoms with Crippen LogP contribution in [0.25, 0.3) is 0 Å². The Morgan fingerprint density at radius 2 is 2.13 bits per heavy atom. The molecule has 0 saturated heterocycles. The summed E-state index contributed by atoms with van der Waals surface area (Å²) in [5.74, 6) is 3.67. The Balaban J connectivity index is 1.53. The van der Waals surface area contributed by atoms with Crippen LogP contribution in [0.1, 0.15) is 49.1 Å². The van der Waals surface area contributed by atoms with E-state index >= 15 is 0 Å². The van der Waals surface area contributed by atoms with E-state index in [-0.39, 0.29) is 0 Å². The van der Waals surface area contributed by atoms with Crippen LogP contribution < -0.4 is 4.74 Å². The van der Waals surface area contributed by atoms with Gasteiger partial charge in [-0.15, -0.1) is 5.10 Å². The molecule has 1 aliphatic carbocycles. The lowest BCUT2D eigenvalue weighted by atomic mass is 10.0. The SMILES string of the molecule is COc1ccc(C)cc1CSc1n[nH]c(CCC2CCCC2)n1. The van der Waals surface area contributed by atoms with Crippen molar-refractivity contribution in [2.75, 3.05) is 7.11 Å². The van der Waals surface area contributed by atoms with Gasteiger partial charge in [0.15, 0.2) is 0 Å². The van der Waals surface area contributed by atoms with Gasteiger partial charge in [0.25, 0.3) is 0 Å². The molecule has 2 aromatic rings. The average molecular weight is 331 g/mol. The van der Waals surface area contributed by atoms with Gasteiger partial charge in [0.05, 0.1) is 7.11 Å². The summed E-state index contributed by atoms with van der Waals surface area (Å²) in [5, 5.41) is 8.26. The molecule has 3 rings (SSSR count). The zero-order chi connectivity index (χ0) is 16.1. The highest BCUT2D eigenvalue weighted by Crippen LogP contribution is 2.29. The molecule has 0 amide bonds. The molecule has 0 aliphatic heterocycles. The number of aromatic nitrogens is 3. The van der Waals surface area contributed by atoms with Crippen LogP contribution >= 0.6 is 11.8 Å². The summed E-state index contributed by atoms with van der Waals surface area (Å²) in [6.45, 7) is 2.10. The quantitative estimate of drug-likeness (QED) is 0.757. The van der Waals surface area contributed by atoms with Gasteiger partial charge in [-0.2, -0.15) is 0 Å². The lowest BCUT2D eigenvalue weighted by Crippen LogP contribution is -1.97. The number of benzene rings is 1. The highest BCUT2D eigenvalue weighted by atomic mass is 32.2. The number of ether oxygens (including phenoxy) is 1. The van der Waals surface area contributed by atoms with Gasteiger partial charge in [-0.1, -0.05) is 55.1 Å². The Morgan fingerprint density at radius 3 is 2.91 bits per heavy atom. The molecule has 1 saturated carbocycles. The number of methoxy groups -OCH3 is 1. The van der Waals surface area contributed by atoms with Crippen molar-refractivity contribution in [2.24, 2.45) is 5.92 Å². The summed E-state index contributed by atoms with van der Waals surface area (Å²) >= 11 is 1.66. The van der Waals surface area contributed by atoms with Crippen LogP contribution in [-0.4, -0.2) is 22.3 Å². The van der Waals surface area contributed by atoms with Crippen LogP contribution in [0.2, 0.25) is 0 Å². The first-order valence-corrected chi connectivity index (χ1v) is 9.41. The highest BCUT2D eigenvalue weighted by Gasteiger charge is 2.15.